The zero-order valence-electron chi connectivity index (χ0n) is 16.4. The number of rotatable bonds is 5. The standard InChI is InChI=1S/C20H32N4O2.HI/c1-3-21-19(22-15-20(25)9-12-26-13-10-20)23-17-8-11-24(14-17)18-6-4-16(2)5-7-18;/h4-7,17,25H,3,8-15H2,1-2H3,(H2,21,22,23);1H. The molecule has 152 valence electrons. The van der Waals surface area contributed by atoms with Crippen molar-refractivity contribution in [3.05, 3.63) is 29.8 Å². The van der Waals surface area contributed by atoms with Crippen molar-refractivity contribution in [3.63, 3.8) is 0 Å². The Kier molecular flexibility index (Phi) is 8.62. The number of nitrogens with one attached hydrogen (secondary N) is 2. The van der Waals surface area contributed by atoms with Crippen LogP contribution in [0.25, 0.3) is 0 Å². The molecule has 2 aliphatic heterocycles. The molecule has 1 unspecified atom stereocenters. The predicted octanol–water partition coefficient (Wildman–Crippen LogP) is 2.29. The van der Waals surface area contributed by atoms with Gasteiger partial charge in [0.15, 0.2) is 5.96 Å². The summed E-state index contributed by atoms with van der Waals surface area (Å²) in [5.41, 5.74) is 1.83. The number of halogens is 1. The quantitative estimate of drug-likeness (QED) is 0.337. The molecule has 1 atom stereocenters. The van der Waals surface area contributed by atoms with Crippen LogP contribution in [0.15, 0.2) is 29.3 Å². The third-order valence-corrected chi connectivity index (χ3v) is 5.23. The van der Waals surface area contributed by atoms with E-state index in [0.717, 1.165) is 32.0 Å². The Labute approximate surface area is 179 Å². The van der Waals surface area contributed by atoms with Gasteiger partial charge in [-0.25, -0.2) is 0 Å². The smallest absolute Gasteiger partial charge is 0.191 e. The average molecular weight is 488 g/mol. The second-order valence-electron chi connectivity index (χ2n) is 7.44. The summed E-state index contributed by atoms with van der Waals surface area (Å²) >= 11 is 0. The molecule has 0 saturated carbocycles. The van der Waals surface area contributed by atoms with Crippen molar-refractivity contribution in [1.29, 1.82) is 0 Å². The van der Waals surface area contributed by atoms with Gasteiger partial charge in [-0.05, 0) is 32.4 Å². The Morgan fingerprint density at radius 2 is 2.00 bits per heavy atom. The zero-order valence-corrected chi connectivity index (χ0v) is 18.7. The molecular formula is C20H33IN4O2. The highest BCUT2D eigenvalue weighted by molar-refractivity contribution is 14.0. The van der Waals surface area contributed by atoms with E-state index >= 15 is 0 Å². The van der Waals surface area contributed by atoms with Crippen LogP contribution in [0.3, 0.4) is 0 Å². The van der Waals surface area contributed by atoms with E-state index in [1.165, 1.54) is 11.3 Å². The first-order valence-corrected chi connectivity index (χ1v) is 9.74. The fourth-order valence-electron chi connectivity index (χ4n) is 3.52. The van der Waals surface area contributed by atoms with E-state index in [9.17, 15) is 5.11 Å². The molecule has 0 spiro atoms. The summed E-state index contributed by atoms with van der Waals surface area (Å²) < 4.78 is 5.34. The molecular weight excluding hydrogens is 455 g/mol. The van der Waals surface area contributed by atoms with Crippen LogP contribution in [0, 0.1) is 6.92 Å². The Hall–Kier alpha value is -1.06. The number of ether oxygens (including phenoxy) is 1. The molecule has 7 heteroatoms. The highest BCUT2D eigenvalue weighted by Crippen LogP contribution is 2.22. The molecule has 1 aromatic rings. The summed E-state index contributed by atoms with van der Waals surface area (Å²) in [5.74, 6) is 0.795. The lowest BCUT2D eigenvalue weighted by molar-refractivity contribution is -0.0566. The molecule has 3 N–H and O–H groups in total. The van der Waals surface area contributed by atoms with Gasteiger partial charge < -0.3 is 25.4 Å². The normalized spacial score (nSPS) is 22.3. The van der Waals surface area contributed by atoms with Crippen LogP contribution in [-0.2, 0) is 4.74 Å². The van der Waals surface area contributed by atoms with Crippen molar-refractivity contribution in [2.75, 3.05) is 44.3 Å². The largest absolute Gasteiger partial charge is 0.388 e. The fraction of sp³-hybridized carbons (Fsp3) is 0.650. The second-order valence-corrected chi connectivity index (χ2v) is 7.44. The molecule has 2 aliphatic rings. The summed E-state index contributed by atoms with van der Waals surface area (Å²) in [6.45, 7) is 8.64. The van der Waals surface area contributed by atoms with Gasteiger partial charge in [-0.1, -0.05) is 17.7 Å². The van der Waals surface area contributed by atoms with Gasteiger partial charge >= 0.3 is 0 Å². The Morgan fingerprint density at radius 1 is 1.30 bits per heavy atom. The summed E-state index contributed by atoms with van der Waals surface area (Å²) in [6.07, 6.45) is 2.39. The number of anilines is 1. The lowest BCUT2D eigenvalue weighted by atomic mass is 9.95. The first kappa shape index (κ1) is 22.2. The van der Waals surface area contributed by atoms with Crippen molar-refractivity contribution < 1.29 is 9.84 Å². The molecule has 27 heavy (non-hydrogen) atoms. The van der Waals surface area contributed by atoms with E-state index in [-0.39, 0.29) is 24.0 Å². The number of hydrogen-bond acceptors (Lipinski definition) is 4. The number of benzene rings is 1. The second kappa shape index (κ2) is 10.5. The minimum atomic E-state index is -0.732. The van der Waals surface area contributed by atoms with Gasteiger partial charge in [0, 0.05) is 57.4 Å². The summed E-state index contributed by atoms with van der Waals surface area (Å²) in [7, 11) is 0. The lowest BCUT2D eigenvalue weighted by Gasteiger charge is -2.30. The van der Waals surface area contributed by atoms with Crippen molar-refractivity contribution in [1.82, 2.24) is 10.6 Å². The topological polar surface area (TPSA) is 69.1 Å². The Bertz CT molecular complexity index is 603. The fourth-order valence-corrected chi connectivity index (χ4v) is 3.52. The number of aryl methyl sites for hydroxylation is 1. The van der Waals surface area contributed by atoms with E-state index in [0.29, 0.717) is 38.6 Å². The summed E-state index contributed by atoms with van der Waals surface area (Å²) in [4.78, 5) is 7.06. The molecule has 2 saturated heterocycles. The zero-order chi connectivity index (χ0) is 18.4. The number of aliphatic hydroxyl groups is 1. The highest BCUT2D eigenvalue weighted by atomic mass is 127. The molecule has 2 fully saturated rings. The van der Waals surface area contributed by atoms with E-state index in [4.69, 9.17) is 4.74 Å². The molecule has 0 radical (unpaired) electrons. The van der Waals surface area contributed by atoms with Gasteiger partial charge in [-0.2, -0.15) is 0 Å². The van der Waals surface area contributed by atoms with Gasteiger partial charge in [0.2, 0.25) is 0 Å². The SMILES string of the molecule is CCNC(=NCC1(O)CCOCC1)NC1CCN(c2ccc(C)cc2)C1.I. The van der Waals surface area contributed by atoms with Gasteiger partial charge in [0.1, 0.15) is 0 Å². The molecule has 2 heterocycles. The summed E-state index contributed by atoms with van der Waals surface area (Å²) in [5, 5.41) is 17.5. The maximum atomic E-state index is 10.6. The third kappa shape index (κ3) is 6.50. The van der Waals surface area contributed by atoms with Gasteiger partial charge in [0.25, 0.3) is 0 Å². The number of hydrogen-bond donors (Lipinski definition) is 3. The first-order valence-electron chi connectivity index (χ1n) is 9.74. The molecule has 0 aromatic heterocycles. The highest BCUT2D eigenvalue weighted by Gasteiger charge is 2.30. The Morgan fingerprint density at radius 3 is 2.67 bits per heavy atom. The maximum absolute atomic E-state index is 10.6. The lowest BCUT2D eigenvalue weighted by Crippen LogP contribution is -2.46. The molecule has 0 amide bonds. The molecule has 0 bridgehead atoms. The van der Waals surface area contributed by atoms with Gasteiger partial charge in [-0.15, -0.1) is 24.0 Å². The van der Waals surface area contributed by atoms with Crippen LogP contribution in [-0.4, -0.2) is 62.1 Å². The average Bonchev–Trinajstić information content (AvgIpc) is 3.10. The molecule has 1 aromatic carbocycles. The van der Waals surface area contributed by atoms with E-state index in [1.54, 1.807) is 0 Å². The van der Waals surface area contributed by atoms with Crippen molar-refractivity contribution in [3.8, 4) is 0 Å². The van der Waals surface area contributed by atoms with Crippen molar-refractivity contribution in [2.24, 2.45) is 4.99 Å². The number of nitrogens with zero attached hydrogens (tertiary/aromatic N) is 2. The maximum Gasteiger partial charge on any atom is 0.191 e. The molecule has 3 rings (SSSR count). The van der Waals surface area contributed by atoms with Gasteiger partial charge in [0.05, 0.1) is 12.1 Å². The van der Waals surface area contributed by atoms with E-state index in [2.05, 4.69) is 58.6 Å². The van der Waals surface area contributed by atoms with E-state index < -0.39 is 5.60 Å². The van der Waals surface area contributed by atoms with Crippen molar-refractivity contribution >= 4 is 35.6 Å². The van der Waals surface area contributed by atoms with Crippen LogP contribution in [0.4, 0.5) is 5.69 Å². The third-order valence-electron chi connectivity index (χ3n) is 5.23. The number of aliphatic imine (C=N–C) groups is 1. The minimum Gasteiger partial charge on any atom is -0.388 e. The van der Waals surface area contributed by atoms with Gasteiger partial charge in [-0.3, -0.25) is 4.99 Å². The number of guanidine groups is 1. The molecule has 6 nitrogen and oxygen atoms in total. The van der Waals surface area contributed by atoms with Crippen LogP contribution in [0.5, 0.6) is 0 Å². The first-order chi connectivity index (χ1) is 12.6. The van der Waals surface area contributed by atoms with Crippen LogP contribution >= 0.6 is 24.0 Å². The minimum absolute atomic E-state index is 0. The van der Waals surface area contributed by atoms with Crippen LogP contribution < -0.4 is 15.5 Å². The molecule has 0 aliphatic carbocycles. The van der Waals surface area contributed by atoms with Crippen LogP contribution in [0.2, 0.25) is 0 Å². The summed E-state index contributed by atoms with van der Waals surface area (Å²) in [6, 6.07) is 9.07. The Balaban J connectivity index is 0.00000261. The monoisotopic (exact) mass is 488 g/mol. The predicted molar refractivity (Wildman–Crippen MR) is 121 cm³/mol. The van der Waals surface area contributed by atoms with Crippen molar-refractivity contribution in [2.45, 2.75) is 44.8 Å². The van der Waals surface area contributed by atoms with Crippen LogP contribution in [0.1, 0.15) is 31.7 Å². The van der Waals surface area contributed by atoms with E-state index in [1.807, 2.05) is 0 Å².